The van der Waals surface area contributed by atoms with Crippen molar-refractivity contribution < 1.29 is 17.0 Å². The number of alkyl halides is 1. The summed E-state index contributed by atoms with van der Waals surface area (Å²) in [6, 6.07) is 0. The van der Waals surface area contributed by atoms with Crippen LogP contribution in [0.25, 0.3) is 0 Å². The van der Waals surface area contributed by atoms with Crippen molar-refractivity contribution in [2.24, 2.45) is 0 Å². The predicted molar refractivity (Wildman–Crippen MR) is 165 cm³/mol. The van der Waals surface area contributed by atoms with Crippen molar-refractivity contribution in [3.05, 3.63) is 0 Å². The van der Waals surface area contributed by atoms with Gasteiger partial charge in [-0.15, -0.1) is 0 Å². The zero-order valence-electron chi connectivity index (χ0n) is 25.8. The van der Waals surface area contributed by atoms with E-state index in [2.05, 4.69) is 13.8 Å². The average Bonchev–Trinajstić information content (AvgIpc) is 2.90. The van der Waals surface area contributed by atoms with E-state index in [0.717, 1.165) is 25.7 Å². The van der Waals surface area contributed by atoms with E-state index in [9.17, 15) is 12.8 Å². The van der Waals surface area contributed by atoms with Crippen LogP contribution in [0.15, 0.2) is 0 Å². The normalized spacial score (nSPS) is 12.8. The molecule has 0 saturated carbocycles. The summed E-state index contributed by atoms with van der Waals surface area (Å²) in [6.45, 7) is 4.62. The molecule has 0 bridgehead atoms. The third kappa shape index (κ3) is 27.4. The van der Waals surface area contributed by atoms with Gasteiger partial charge in [-0.2, -0.15) is 8.42 Å². The van der Waals surface area contributed by atoms with Crippen LogP contribution >= 0.6 is 0 Å². The van der Waals surface area contributed by atoms with Crippen LogP contribution in [0.1, 0.15) is 200 Å². The third-order valence-electron chi connectivity index (χ3n) is 7.84. The molecular formula is C33H67FO3S. The van der Waals surface area contributed by atoms with Gasteiger partial charge < -0.3 is 0 Å². The molecular weight excluding hydrogens is 495 g/mol. The Balaban J connectivity index is 3.37. The minimum absolute atomic E-state index is 0.0668. The first-order valence-electron chi connectivity index (χ1n) is 17.1. The Bertz CT molecular complexity index is 552. The van der Waals surface area contributed by atoms with Crippen LogP contribution in [-0.4, -0.2) is 20.5 Å². The lowest BCUT2D eigenvalue weighted by molar-refractivity contribution is 0.270. The summed E-state index contributed by atoms with van der Waals surface area (Å²) in [5.74, 6) is 0. The summed E-state index contributed by atoms with van der Waals surface area (Å²) in [4.78, 5) is 0. The van der Waals surface area contributed by atoms with Gasteiger partial charge in [-0.05, 0) is 19.3 Å². The van der Waals surface area contributed by atoms with Gasteiger partial charge in [-0.1, -0.05) is 181 Å². The Hall–Kier alpha value is -0.160. The van der Waals surface area contributed by atoms with Crippen molar-refractivity contribution in [3.63, 3.8) is 0 Å². The van der Waals surface area contributed by atoms with Gasteiger partial charge >= 0.3 is 0 Å². The Morgan fingerprint density at radius 2 is 0.711 bits per heavy atom. The van der Waals surface area contributed by atoms with Crippen molar-refractivity contribution in [2.75, 3.05) is 6.61 Å². The summed E-state index contributed by atoms with van der Waals surface area (Å²) in [5.41, 5.74) is -1.87. The number of rotatable bonds is 32. The van der Waals surface area contributed by atoms with Crippen molar-refractivity contribution in [3.8, 4) is 0 Å². The lowest BCUT2D eigenvalue weighted by atomic mass is 10.0. The maximum Gasteiger partial charge on any atom is 0.299 e. The molecule has 0 aliphatic carbocycles. The van der Waals surface area contributed by atoms with Crippen molar-refractivity contribution in [1.29, 1.82) is 0 Å². The predicted octanol–water partition coefficient (Wildman–Crippen LogP) is 12.0. The molecule has 230 valence electrons. The van der Waals surface area contributed by atoms with E-state index in [1.54, 1.807) is 0 Å². The van der Waals surface area contributed by atoms with E-state index in [1.165, 1.54) is 141 Å². The molecule has 0 fully saturated rings. The van der Waals surface area contributed by atoms with Gasteiger partial charge in [-0.3, -0.25) is 4.18 Å². The van der Waals surface area contributed by atoms with Crippen LogP contribution in [0.3, 0.4) is 0 Å². The quantitative estimate of drug-likeness (QED) is 0.0605. The zero-order chi connectivity index (χ0) is 28.0. The van der Waals surface area contributed by atoms with Gasteiger partial charge in [0, 0.05) is 0 Å². The van der Waals surface area contributed by atoms with Crippen LogP contribution in [0.4, 0.5) is 4.39 Å². The highest BCUT2D eigenvalue weighted by Crippen LogP contribution is 2.18. The summed E-state index contributed by atoms with van der Waals surface area (Å²) in [6.07, 6.45) is 35.0. The molecule has 0 radical (unpaired) electrons. The molecule has 0 aliphatic heterocycles. The fraction of sp³-hybridized carbons (Fsp3) is 1.00. The summed E-state index contributed by atoms with van der Waals surface area (Å²) >= 11 is 0. The smallest absolute Gasteiger partial charge is 0.268 e. The molecule has 0 spiro atoms. The fourth-order valence-corrected chi connectivity index (χ4v) is 6.14. The first-order valence-corrected chi connectivity index (χ1v) is 18.5. The third-order valence-corrected chi connectivity index (χ3v) is 9.20. The van der Waals surface area contributed by atoms with Gasteiger partial charge in [0.2, 0.25) is 5.50 Å². The van der Waals surface area contributed by atoms with E-state index in [4.69, 9.17) is 4.18 Å². The lowest BCUT2D eigenvalue weighted by Gasteiger charge is -2.10. The van der Waals surface area contributed by atoms with Crippen molar-refractivity contribution >= 4 is 10.1 Å². The van der Waals surface area contributed by atoms with Crippen LogP contribution in [-0.2, 0) is 14.3 Å². The van der Waals surface area contributed by atoms with E-state index >= 15 is 0 Å². The second-order valence-electron chi connectivity index (χ2n) is 11.7. The van der Waals surface area contributed by atoms with Gasteiger partial charge in [0.1, 0.15) is 0 Å². The summed E-state index contributed by atoms with van der Waals surface area (Å²) < 4.78 is 43.1. The van der Waals surface area contributed by atoms with Crippen molar-refractivity contribution in [2.45, 2.75) is 206 Å². The SMILES string of the molecule is CCCCCCCCCCCCCCCCCCCCCOS(=O)(=O)C(F)CCCCCCCCCCC. The van der Waals surface area contributed by atoms with Crippen LogP contribution in [0, 0.1) is 0 Å². The first-order chi connectivity index (χ1) is 18.5. The van der Waals surface area contributed by atoms with Crippen LogP contribution < -0.4 is 0 Å². The maximum absolute atomic E-state index is 14.1. The molecule has 0 heterocycles. The molecule has 0 N–H and O–H groups in total. The molecule has 38 heavy (non-hydrogen) atoms. The van der Waals surface area contributed by atoms with Crippen LogP contribution in [0.2, 0.25) is 0 Å². The second kappa shape index (κ2) is 29.8. The molecule has 0 aromatic heterocycles. The first kappa shape index (κ1) is 37.8. The molecule has 1 atom stereocenters. The van der Waals surface area contributed by atoms with Gasteiger partial charge in [0.05, 0.1) is 6.61 Å². The highest BCUT2D eigenvalue weighted by Gasteiger charge is 2.25. The number of hydrogen-bond acceptors (Lipinski definition) is 3. The van der Waals surface area contributed by atoms with Gasteiger partial charge in [0.25, 0.3) is 10.1 Å². The molecule has 3 nitrogen and oxygen atoms in total. The standard InChI is InChI=1S/C33H67FO3S/c1-3-5-7-9-11-13-14-15-16-17-18-19-20-21-22-24-26-28-30-32-37-38(35,36)33(34)31-29-27-25-23-12-10-8-6-4-2/h33H,3-32H2,1-2H3. The zero-order valence-corrected chi connectivity index (χ0v) is 26.6. The summed E-state index contributed by atoms with van der Waals surface area (Å²) in [7, 11) is -4.06. The molecule has 0 saturated heterocycles. The average molecular weight is 563 g/mol. The lowest BCUT2D eigenvalue weighted by Crippen LogP contribution is -2.19. The van der Waals surface area contributed by atoms with Crippen molar-refractivity contribution in [1.82, 2.24) is 0 Å². The van der Waals surface area contributed by atoms with E-state index in [-0.39, 0.29) is 13.0 Å². The highest BCUT2D eigenvalue weighted by molar-refractivity contribution is 7.87. The molecule has 0 rings (SSSR count). The fourth-order valence-electron chi connectivity index (χ4n) is 5.19. The van der Waals surface area contributed by atoms with Crippen LogP contribution in [0.5, 0.6) is 0 Å². The van der Waals surface area contributed by atoms with E-state index in [0.29, 0.717) is 12.8 Å². The van der Waals surface area contributed by atoms with Gasteiger partial charge in [0.15, 0.2) is 0 Å². The number of halogens is 1. The highest BCUT2D eigenvalue weighted by atomic mass is 32.2. The topological polar surface area (TPSA) is 43.4 Å². The van der Waals surface area contributed by atoms with E-state index in [1.807, 2.05) is 0 Å². The van der Waals surface area contributed by atoms with Gasteiger partial charge in [-0.25, -0.2) is 4.39 Å². The monoisotopic (exact) mass is 562 g/mol. The Kier molecular flexibility index (Phi) is 29.7. The Morgan fingerprint density at radius 1 is 0.447 bits per heavy atom. The Morgan fingerprint density at radius 3 is 1.03 bits per heavy atom. The number of hydrogen-bond donors (Lipinski definition) is 0. The second-order valence-corrected chi connectivity index (χ2v) is 13.4. The largest absolute Gasteiger partial charge is 0.299 e. The molecule has 0 aromatic rings. The maximum atomic E-state index is 14.1. The minimum Gasteiger partial charge on any atom is -0.268 e. The molecule has 5 heteroatoms. The minimum atomic E-state index is -4.06. The Labute approximate surface area is 239 Å². The molecule has 0 aliphatic rings. The number of unbranched alkanes of at least 4 members (excludes halogenated alkanes) is 26. The molecule has 0 amide bonds. The van der Waals surface area contributed by atoms with E-state index < -0.39 is 15.6 Å². The molecule has 1 unspecified atom stereocenters. The molecule has 0 aromatic carbocycles. The summed E-state index contributed by atoms with van der Waals surface area (Å²) in [5, 5.41) is 0.